The van der Waals surface area contributed by atoms with E-state index in [-0.39, 0.29) is 11.6 Å². The highest BCUT2D eigenvalue weighted by molar-refractivity contribution is 5.86. The van der Waals surface area contributed by atoms with Crippen LogP contribution in [-0.4, -0.2) is 16.1 Å². The van der Waals surface area contributed by atoms with E-state index in [0.717, 1.165) is 12.8 Å². The molecule has 5 heteroatoms. The highest BCUT2D eigenvalue weighted by Gasteiger charge is 2.13. The number of benzene rings is 1. The molecule has 1 heterocycles. The number of carboxylic acid groups (broad SMARTS) is 1. The van der Waals surface area contributed by atoms with Gasteiger partial charge in [0, 0.05) is 0 Å². The first-order chi connectivity index (χ1) is 10.1. The molecule has 108 valence electrons. The second-order valence-electron chi connectivity index (χ2n) is 5.14. The average Bonchev–Trinajstić information content (AvgIpc) is 2.49. The quantitative estimate of drug-likeness (QED) is 0.904. The fourth-order valence-electron chi connectivity index (χ4n) is 2.54. The summed E-state index contributed by atoms with van der Waals surface area (Å²) < 4.78 is 5.67. The summed E-state index contributed by atoms with van der Waals surface area (Å²) in [4.78, 5) is 14.9. The average molecular weight is 284 g/mol. The Balaban J connectivity index is 1.89. The smallest absolute Gasteiger partial charge is 0.354 e. The molecule has 0 saturated carbocycles. The number of aromatic carboxylic acids is 1. The molecule has 2 aromatic rings. The summed E-state index contributed by atoms with van der Waals surface area (Å²) in [6.07, 6.45) is 4.56. The molecule has 0 spiro atoms. The number of rotatable bonds is 3. The molecule has 3 rings (SSSR count). The topological polar surface area (TPSA) is 85.4 Å². The van der Waals surface area contributed by atoms with Crippen molar-refractivity contribution < 1.29 is 14.6 Å². The van der Waals surface area contributed by atoms with Gasteiger partial charge in [0.2, 0.25) is 5.88 Å². The number of aryl methyl sites for hydroxylation is 2. The summed E-state index contributed by atoms with van der Waals surface area (Å²) in [5, 5.41) is 8.97. The van der Waals surface area contributed by atoms with Crippen molar-refractivity contribution in [3.05, 3.63) is 47.2 Å². The van der Waals surface area contributed by atoms with Gasteiger partial charge >= 0.3 is 5.97 Å². The van der Waals surface area contributed by atoms with E-state index in [1.807, 2.05) is 12.1 Å². The van der Waals surface area contributed by atoms with Crippen LogP contribution in [0.25, 0.3) is 0 Å². The second kappa shape index (κ2) is 5.44. The molecular formula is C16H16N2O3. The summed E-state index contributed by atoms with van der Waals surface area (Å²) >= 11 is 0. The monoisotopic (exact) mass is 284 g/mol. The number of pyridine rings is 1. The maximum Gasteiger partial charge on any atom is 0.354 e. The molecule has 0 bridgehead atoms. The van der Waals surface area contributed by atoms with Gasteiger partial charge in [-0.15, -0.1) is 0 Å². The summed E-state index contributed by atoms with van der Waals surface area (Å²) in [5.74, 6) is -0.340. The minimum atomic E-state index is -1.11. The maximum atomic E-state index is 10.9. The van der Waals surface area contributed by atoms with Gasteiger partial charge < -0.3 is 15.6 Å². The number of hydrogen-bond donors (Lipinski definition) is 2. The Hall–Kier alpha value is -2.56. The molecule has 1 aliphatic rings. The largest absolute Gasteiger partial charge is 0.477 e. The summed E-state index contributed by atoms with van der Waals surface area (Å²) in [5.41, 5.74) is 8.67. The predicted molar refractivity (Wildman–Crippen MR) is 78.8 cm³/mol. The lowest BCUT2D eigenvalue weighted by Gasteiger charge is -2.16. The molecule has 0 unspecified atom stereocenters. The standard InChI is InChI=1S/C16H16N2O3/c17-13-7-8-14(16(19)20)18-15(13)21-12-6-5-10-3-1-2-4-11(10)9-12/h5-9H,1-4,17H2,(H,19,20). The zero-order valence-corrected chi connectivity index (χ0v) is 11.5. The lowest BCUT2D eigenvalue weighted by molar-refractivity contribution is 0.0689. The van der Waals surface area contributed by atoms with Crippen LogP contribution in [0.15, 0.2) is 30.3 Å². The fraction of sp³-hybridized carbons (Fsp3) is 0.250. The number of fused-ring (bicyclic) bond motifs is 1. The minimum Gasteiger partial charge on any atom is -0.477 e. The Labute approximate surface area is 122 Å². The molecule has 0 amide bonds. The molecular weight excluding hydrogens is 268 g/mol. The number of nitrogens with two attached hydrogens (primary N) is 1. The van der Waals surface area contributed by atoms with Crippen LogP contribution in [0.3, 0.4) is 0 Å². The number of nitrogens with zero attached hydrogens (tertiary/aromatic N) is 1. The predicted octanol–water partition coefficient (Wildman–Crippen LogP) is 3.03. The van der Waals surface area contributed by atoms with Gasteiger partial charge in [0.05, 0.1) is 5.69 Å². The molecule has 0 saturated heterocycles. The molecule has 0 aliphatic heterocycles. The van der Waals surface area contributed by atoms with Crippen molar-refractivity contribution in [3.8, 4) is 11.6 Å². The zero-order chi connectivity index (χ0) is 14.8. The fourth-order valence-corrected chi connectivity index (χ4v) is 2.54. The Bertz CT molecular complexity index is 698. The number of hydrogen-bond acceptors (Lipinski definition) is 4. The minimum absolute atomic E-state index is 0.0860. The second-order valence-corrected chi connectivity index (χ2v) is 5.14. The van der Waals surface area contributed by atoms with E-state index in [9.17, 15) is 4.79 Å². The van der Waals surface area contributed by atoms with Crippen LogP contribution in [0.1, 0.15) is 34.5 Å². The molecule has 0 fully saturated rings. The van der Waals surface area contributed by atoms with Crippen LogP contribution < -0.4 is 10.5 Å². The van der Waals surface area contributed by atoms with Crippen molar-refractivity contribution in [1.29, 1.82) is 0 Å². The Morgan fingerprint density at radius 2 is 1.90 bits per heavy atom. The van der Waals surface area contributed by atoms with Crippen molar-refractivity contribution in [2.45, 2.75) is 25.7 Å². The normalized spacial score (nSPS) is 13.5. The van der Waals surface area contributed by atoms with Crippen LogP contribution >= 0.6 is 0 Å². The maximum absolute atomic E-state index is 10.9. The number of carboxylic acids is 1. The number of aromatic nitrogens is 1. The summed E-state index contributed by atoms with van der Waals surface area (Å²) in [6.45, 7) is 0. The van der Waals surface area contributed by atoms with Crippen molar-refractivity contribution >= 4 is 11.7 Å². The van der Waals surface area contributed by atoms with E-state index < -0.39 is 5.97 Å². The Morgan fingerprint density at radius 3 is 2.67 bits per heavy atom. The highest BCUT2D eigenvalue weighted by atomic mass is 16.5. The molecule has 5 nitrogen and oxygen atoms in total. The highest BCUT2D eigenvalue weighted by Crippen LogP contribution is 2.30. The van der Waals surface area contributed by atoms with Gasteiger partial charge in [-0.05, 0) is 61.1 Å². The van der Waals surface area contributed by atoms with Crippen LogP contribution in [-0.2, 0) is 12.8 Å². The third-order valence-electron chi connectivity index (χ3n) is 3.64. The lowest BCUT2D eigenvalue weighted by Crippen LogP contribution is -2.05. The van der Waals surface area contributed by atoms with Gasteiger partial charge in [0.1, 0.15) is 5.75 Å². The van der Waals surface area contributed by atoms with Crippen LogP contribution in [0.5, 0.6) is 11.6 Å². The SMILES string of the molecule is Nc1ccc(C(=O)O)nc1Oc1ccc2c(c1)CCCC2. The molecule has 1 aromatic heterocycles. The van der Waals surface area contributed by atoms with Crippen molar-refractivity contribution in [2.75, 3.05) is 5.73 Å². The van der Waals surface area contributed by atoms with Crippen LogP contribution in [0, 0.1) is 0 Å². The third-order valence-corrected chi connectivity index (χ3v) is 3.64. The number of anilines is 1. The van der Waals surface area contributed by atoms with Gasteiger partial charge in [-0.3, -0.25) is 0 Å². The molecule has 0 atom stereocenters. The van der Waals surface area contributed by atoms with E-state index in [1.54, 1.807) is 0 Å². The number of nitrogen functional groups attached to an aromatic ring is 1. The van der Waals surface area contributed by atoms with E-state index in [4.69, 9.17) is 15.6 Å². The van der Waals surface area contributed by atoms with Crippen LogP contribution in [0.2, 0.25) is 0 Å². The molecule has 3 N–H and O–H groups in total. The van der Waals surface area contributed by atoms with Gasteiger partial charge in [0.25, 0.3) is 0 Å². The first-order valence-electron chi connectivity index (χ1n) is 6.93. The van der Waals surface area contributed by atoms with E-state index in [2.05, 4.69) is 11.1 Å². The molecule has 0 radical (unpaired) electrons. The van der Waals surface area contributed by atoms with Crippen LogP contribution in [0.4, 0.5) is 5.69 Å². The van der Waals surface area contributed by atoms with Crippen molar-refractivity contribution in [3.63, 3.8) is 0 Å². The number of ether oxygens (including phenoxy) is 1. The molecule has 1 aromatic carbocycles. The van der Waals surface area contributed by atoms with Gasteiger partial charge in [-0.1, -0.05) is 6.07 Å². The lowest BCUT2D eigenvalue weighted by atomic mass is 9.92. The van der Waals surface area contributed by atoms with Gasteiger partial charge in [0.15, 0.2) is 5.69 Å². The van der Waals surface area contributed by atoms with E-state index in [0.29, 0.717) is 11.4 Å². The number of carbonyl (C=O) groups is 1. The first kappa shape index (κ1) is 13.4. The van der Waals surface area contributed by atoms with Crippen molar-refractivity contribution in [2.24, 2.45) is 0 Å². The van der Waals surface area contributed by atoms with Crippen molar-refractivity contribution in [1.82, 2.24) is 4.98 Å². The Morgan fingerprint density at radius 1 is 1.14 bits per heavy atom. The zero-order valence-electron chi connectivity index (χ0n) is 11.5. The van der Waals surface area contributed by atoms with E-state index >= 15 is 0 Å². The molecule has 1 aliphatic carbocycles. The van der Waals surface area contributed by atoms with Gasteiger partial charge in [-0.25, -0.2) is 9.78 Å². The third kappa shape index (κ3) is 2.81. The summed E-state index contributed by atoms with van der Waals surface area (Å²) in [7, 11) is 0. The Kier molecular flexibility index (Phi) is 3.48. The van der Waals surface area contributed by atoms with Gasteiger partial charge in [-0.2, -0.15) is 0 Å². The van der Waals surface area contributed by atoms with E-state index in [1.165, 1.54) is 36.1 Å². The summed E-state index contributed by atoms with van der Waals surface area (Å²) in [6, 6.07) is 8.77. The first-order valence-corrected chi connectivity index (χ1v) is 6.93. The molecule has 21 heavy (non-hydrogen) atoms.